The van der Waals surface area contributed by atoms with Gasteiger partial charge in [0.15, 0.2) is 0 Å². The zero-order valence-electron chi connectivity index (χ0n) is 10.2. The van der Waals surface area contributed by atoms with Crippen LogP contribution >= 0.6 is 0 Å². The van der Waals surface area contributed by atoms with Crippen molar-refractivity contribution in [3.05, 3.63) is 11.6 Å². The highest BCUT2D eigenvalue weighted by atomic mass is 16.3. The molecule has 0 aromatic carbocycles. The zero-order chi connectivity index (χ0) is 10.9. The van der Waals surface area contributed by atoms with Gasteiger partial charge >= 0.3 is 0 Å². The highest BCUT2D eigenvalue weighted by Gasteiger charge is 2.13. The molecular weight excluding hydrogens is 184 g/mol. The second kappa shape index (κ2) is 7.92. The summed E-state index contributed by atoms with van der Waals surface area (Å²) in [5.41, 5.74) is 1.31. The molecule has 0 amide bonds. The van der Waals surface area contributed by atoms with Gasteiger partial charge in [0.05, 0.1) is 6.10 Å². The predicted octanol–water partition coefficient (Wildman–Crippen LogP) is 4.21. The maximum absolute atomic E-state index is 9.88. The van der Waals surface area contributed by atoms with Crippen molar-refractivity contribution in [2.75, 3.05) is 0 Å². The van der Waals surface area contributed by atoms with Crippen molar-refractivity contribution in [3.63, 3.8) is 0 Å². The molecule has 1 atom stereocenters. The Hall–Kier alpha value is -0.300. The minimum Gasteiger partial charge on any atom is -0.389 e. The van der Waals surface area contributed by atoms with E-state index < -0.39 is 0 Å². The maximum atomic E-state index is 9.88. The summed E-state index contributed by atoms with van der Waals surface area (Å²) in [7, 11) is 0. The van der Waals surface area contributed by atoms with Gasteiger partial charge in [-0.25, -0.2) is 0 Å². The molecule has 1 aliphatic rings. The highest BCUT2D eigenvalue weighted by Crippen LogP contribution is 2.23. The molecule has 1 heteroatoms. The van der Waals surface area contributed by atoms with Crippen LogP contribution in [0, 0.1) is 0 Å². The number of aliphatic hydroxyl groups is 1. The van der Waals surface area contributed by atoms with Crippen LogP contribution in [0.25, 0.3) is 0 Å². The number of aliphatic hydroxyl groups excluding tert-OH is 1. The van der Waals surface area contributed by atoms with Gasteiger partial charge in [-0.05, 0) is 31.3 Å². The maximum Gasteiger partial charge on any atom is 0.0750 e. The molecule has 0 bridgehead atoms. The van der Waals surface area contributed by atoms with E-state index in [2.05, 4.69) is 13.0 Å². The molecule has 1 aliphatic carbocycles. The molecule has 0 aromatic rings. The molecule has 0 saturated carbocycles. The molecule has 0 heterocycles. The van der Waals surface area contributed by atoms with Gasteiger partial charge in [0.1, 0.15) is 0 Å². The van der Waals surface area contributed by atoms with Crippen LogP contribution in [0.3, 0.4) is 0 Å². The largest absolute Gasteiger partial charge is 0.389 e. The van der Waals surface area contributed by atoms with E-state index in [1.165, 1.54) is 56.9 Å². The molecule has 1 rings (SSSR count). The summed E-state index contributed by atoms with van der Waals surface area (Å²) in [6.45, 7) is 2.25. The summed E-state index contributed by atoms with van der Waals surface area (Å²) in [6.07, 6.45) is 14.6. The monoisotopic (exact) mass is 210 g/mol. The minimum absolute atomic E-state index is 0.126. The molecule has 1 unspecified atom stereocenters. The topological polar surface area (TPSA) is 20.2 Å². The summed E-state index contributed by atoms with van der Waals surface area (Å²) in [5, 5.41) is 9.88. The number of allylic oxidation sites excluding steroid dienone is 1. The molecule has 0 aliphatic heterocycles. The number of rotatable bonds is 8. The van der Waals surface area contributed by atoms with Gasteiger partial charge in [0.2, 0.25) is 0 Å². The van der Waals surface area contributed by atoms with E-state index >= 15 is 0 Å². The molecule has 1 N–H and O–H groups in total. The van der Waals surface area contributed by atoms with Crippen LogP contribution in [0.5, 0.6) is 0 Å². The Morgan fingerprint density at radius 2 is 1.93 bits per heavy atom. The molecule has 0 saturated heterocycles. The lowest BCUT2D eigenvalue weighted by Gasteiger charge is -2.11. The molecule has 1 nitrogen and oxygen atoms in total. The van der Waals surface area contributed by atoms with E-state index in [1.54, 1.807) is 0 Å². The Balaban J connectivity index is 1.95. The van der Waals surface area contributed by atoms with E-state index in [9.17, 15) is 5.11 Å². The lowest BCUT2D eigenvalue weighted by atomic mass is 10.0. The fourth-order valence-corrected chi connectivity index (χ4v) is 2.30. The SMILES string of the molecule is CCCCCCCCC(O)C1=CCCC1. The van der Waals surface area contributed by atoms with Gasteiger partial charge < -0.3 is 5.11 Å². The summed E-state index contributed by atoms with van der Waals surface area (Å²) in [5.74, 6) is 0. The van der Waals surface area contributed by atoms with Crippen molar-refractivity contribution in [1.82, 2.24) is 0 Å². The van der Waals surface area contributed by atoms with Crippen molar-refractivity contribution in [2.24, 2.45) is 0 Å². The first kappa shape index (κ1) is 12.8. The number of hydrogen-bond acceptors (Lipinski definition) is 1. The lowest BCUT2D eigenvalue weighted by Crippen LogP contribution is -2.08. The minimum atomic E-state index is -0.126. The third-order valence-corrected chi connectivity index (χ3v) is 3.34. The average Bonchev–Trinajstić information content (AvgIpc) is 2.76. The normalized spacial score (nSPS) is 17.9. The fraction of sp³-hybridized carbons (Fsp3) is 0.857. The van der Waals surface area contributed by atoms with Crippen molar-refractivity contribution >= 4 is 0 Å². The molecule has 15 heavy (non-hydrogen) atoms. The predicted molar refractivity (Wildman–Crippen MR) is 65.9 cm³/mol. The standard InChI is InChI=1S/C14H26O/c1-2-3-4-5-6-7-12-14(15)13-10-8-9-11-13/h10,14-15H,2-9,11-12H2,1H3. The van der Waals surface area contributed by atoms with Crippen molar-refractivity contribution < 1.29 is 5.11 Å². The lowest BCUT2D eigenvalue weighted by molar-refractivity contribution is 0.193. The molecular formula is C14H26O. The zero-order valence-corrected chi connectivity index (χ0v) is 10.2. The Kier molecular flexibility index (Phi) is 6.74. The third-order valence-electron chi connectivity index (χ3n) is 3.34. The van der Waals surface area contributed by atoms with E-state index in [0.29, 0.717) is 0 Å². The summed E-state index contributed by atoms with van der Waals surface area (Å²) < 4.78 is 0. The van der Waals surface area contributed by atoms with Gasteiger partial charge in [0, 0.05) is 0 Å². The van der Waals surface area contributed by atoms with Crippen LogP contribution < -0.4 is 0 Å². The third kappa shape index (κ3) is 5.36. The van der Waals surface area contributed by atoms with Crippen LogP contribution in [0.1, 0.15) is 71.1 Å². The van der Waals surface area contributed by atoms with Crippen LogP contribution in [-0.4, -0.2) is 11.2 Å². The van der Waals surface area contributed by atoms with Gasteiger partial charge in [-0.1, -0.05) is 51.5 Å². The van der Waals surface area contributed by atoms with Crippen LogP contribution in [0.15, 0.2) is 11.6 Å². The average molecular weight is 210 g/mol. The van der Waals surface area contributed by atoms with Gasteiger partial charge in [-0.2, -0.15) is 0 Å². The molecule has 0 fully saturated rings. The number of hydrogen-bond donors (Lipinski definition) is 1. The Morgan fingerprint density at radius 1 is 1.20 bits per heavy atom. The van der Waals surface area contributed by atoms with E-state index in [0.717, 1.165) is 12.8 Å². The Morgan fingerprint density at radius 3 is 2.60 bits per heavy atom. The molecule has 0 aromatic heterocycles. The highest BCUT2D eigenvalue weighted by molar-refractivity contribution is 5.12. The second-order valence-electron chi connectivity index (χ2n) is 4.74. The van der Waals surface area contributed by atoms with E-state index in [4.69, 9.17) is 0 Å². The first-order chi connectivity index (χ1) is 7.34. The Labute approximate surface area is 94.6 Å². The van der Waals surface area contributed by atoms with Gasteiger partial charge in [-0.3, -0.25) is 0 Å². The number of unbranched alkanes of at least 4 members (excludes halogenated alkanes) is 5. The first-order valence-electron chi connectivity index (χ1n) is 6.71. The van der Waals surface area contributed by atoms with E-state index in [-0.39, 0.29) is 6.10 Å². The second-order valence-corrected chi connectivity index (χ2v) is 4.74. The Bertz CT molecular complexity index is 184. The molecule has 0 radical (unpaired) electrons. The van der Waals surface area contributed by atoms with E-state index in [1.807, 2.05) is 0 Å². The smallest absolute Gasteiger partial charge is 0.0750 e. The summed E-state index contributed by atoms with van der Waals surface area (Å²) in [4.78, 5) is 0. The van der Waals surface area contributed by atoms with Crippen molar-refractivity contribution in [3.8, 4) is 0 Å². The quantitative estimate of drug-likeness (QED) is 0.470. The van der Waals surface area contributed by atoms with Crippen molar-refractivity contribution in [1.29, 1.82) is 0 Å². The van der Waals surface area contributed by atoms with Crippen LogP contribution in [0.4, 0.5) is 0 Å². The first-order valence-corrected chi connectivity index (χ1v) is 6.71. The molecule has 0 spiro atoms. The van der Waals surface area contributed by atoms with Crippen molar-refractivity contribution in [2.45, 2.75) is 77.2 Å². The fourth-order valence-electron chi connectivity index (χ4n) is 2.30. The van der Waals surface area contributed by atoms with Gasteiger partial charge in [-0.15, -0.1) is 0 Å². The van der Waals surface area contributed by atoms with Crippen LogP contribution in [-0.2, 0) is 0 Å². The summed E-state index contributed by atoms with van der Waals surface area (Å²) >= 11 is 0. The van der Waals surface area contributed by atoms with Gasteiger partial charge in [0.25, 0.3) is 0 Å². The van der Waals surface area contributed by atoms with Crippen LogP contribution in [0.2, 0.25) is 0 Å². The summed E-state index contributed by atoms with van der Waals surface area (Å²) in [6, 6.07) is 0. The molecule has 88 valence electrons.